The maximum absolute atomic E-state index is 13.0. The summed E-state index contributed by atoms with van der Waals surface area (Å²) in [6, 6.07) is 4.03. The molecule has 184 valence electrons. The van der Waals surface area contributed by atoms with E-state index in [0.717, 1.165) is 31.2 Å². The first-order chi connectivity index (χ1) is 16.2. The lowest BCUT2D eigenvalue weighted by Gasteiger charge is -2.27. The van der Waals surface area contributed by atoms with E-state index in [0.29, 0.717) is 43.2 Å². The van der Waals surface area contributed by atoms with Gasteiger partial charge in [-0.3, -0.25) is 9.36 Å². The smallest absolute Gasteiger partial charge is 0.272 e. The van der Waals surface area contributed by atoms with Crippen LogP contribution in [0.15, 0.2) is 12.3 Å². The first kappa shape index (κ1) is 25.7. The number of aromatic nitrogens is 3. The number of nitrogens with zero attached hydrogens (tertiary/aromatic N) is 4. The molecule has 2 aromatic heterocycles. The first-order valence-corrected chi connectivity index (χ1v) is 13.7. The molecule has 2 aromatic rings. The zero-order valence-electron chi connectivity index (χ0n) is 20.3. The Balaban J connectivity index is 1.82. The second-order valence-corrected chi connectivity index (χ2v) is 11.2. The summed E-state index contributed by atoms with van der Waals surface area (Å²) >= 11 is 0. The summed E-state index contributed by atoms with van der Waals surface area (Å²) in [6.07, 6.45) is 8.07. The molecule has 1 aliphatic carbocycles. The first-order valence-electron chi connectivity index (χ1n) is 11.7. The van der Waals surface area contributed by atoms with Gasteiger partial charge in [-0.2, -0.15) is 5.26 Å². The van der Waals surface area contributed by atoms with Crippen LogP contribution in [0.2, 0.25) is 0 Å². The van der Waals surface area contributed by atoms with Crippen LogP contribution >= 0.6 is 0 Å². The molecule has 1 amide bonds. The van der Waals surface area contributed by atoms with Crippen LogP contribution in [0.4, 0.5) is 0 Å². The van der Waals surface area contributed by atoms with E-state index in [-0.39, 0.29) is 22.6 Å². The molecule has 0 radical (unpaired) electrons. The number of nitriles is 1. The molecule has 1 fully saturated rings. The Kier molecular flexibility index (Phi) is 8.31. The maximum Gasteiger partial charge on any atom is 0.272 e. The highest BCUT2D eigenvalue weighted by atomic mass is 32.2. The summed E-state index contributed by atoms with van der Waals surface area (Å²) in [7, 11) is -1.48. The summed E-state index contributed by atoms with van der Waals surface area (Å²) in [5.41, 5.74) is 1.21. The van der Waals surface area contributed by atoms with E-state index < -0.39 is 15.7 Å². The highest BCUT2D eigenvalue weighted by molar-refractivity contribution is 7.91. The predicted molar refractivity (Wildman–Crippen MR) is 129 cm³/mol. The van der Waals surface area contributed by atoms with Crippen LogP contribution in [0.3, 0.4) is 0 Å². The third-order valence-electron chi connectivity index (χ3n) is 6.39. The molecule has 34 heavy (non-hydrogen) atoms. The van der Waals surface area contributed by atoms with Crippen molar-refractivity contribution < 1.29 is 17.9 Å². The fourth-order valence-corrected chi connectivity index (χ4v) is 5.63. The van der Waals surface area contributed by atoms with Crippen LogP contribution in [-0.2, 0) is 22.7 Å². The van der Waals surface area contributed by atoms with E-state index in [1.807, 2.05) is 13.0 Å². The van der Waals surface area contributed by atoms with Gasteiger partial charge in [0.2, 0.25) is 0 Å². The fraction of sp³-hybridized carbons (Fsp3) is 0.583. The van der Waals surface area contributed by atoms with Crippen molar-refractivity contribution in [2.75, 3.05) is 19.9 Å². The van der Waals surface area contributed by atoms with Crippen molar-refractivity contribution in [3.8, 4) is 17.6 Å². The number of carbonyl (C=O) groups excluding carboxylic acids is 1. The van der Waals surface area contributed by atoms with Gasteiger partial charge < -0.3 is 10.1 Å². The fourth-order valence-electron chi connectivity index (χ4n) is 4.50. The summed E-state index contributed by atoms with van der Waals surface area (Å²) in [4.78, 5) is 22.0. The normalized spacial score (nSPS) is 18.3. The predicted octanol–water partition coefficient (Wildman–Crippen LogP) is 3.00. The summed E-state index contributed by atoms with van der Waals surface area (Å²) < 4.78 is 30.7. The van der Waals surface area contributed by atoms with Crippen LogP contribution in [0.25, 0.3) is 5.82 Å². The average Bonchev–Trinajstić information content (AvgIpc) is 3.21. The number of carbonyl (C=O) groups is 1. The molecule has 1 aliphatic rings. The van der Waals surface area contributed by atoms with E-state index in [1.54, 1.807) is 17.9 Å². The lowest BCUT2D eigenvalue weighted by Crippen LogP contribution is -2.34. The molecule has 0 bridgehead atoms. The summed E-state index contributed by atoms with van der Waals surface area (Å²) in [6.45, 7) is 4.41. The van der Waals surface area contributed by atoms with Crippen molar-refractivity contribution in [1.82, 2.24) is 19.9 Å². The van der Waals surface area contributed by atoms with Crippen molar-refractivity contribution in [2.24, 2.45) is 5.92 Å². The standard InChI is InChI=1S/C24H33N5O4S/c1-5-7-17-12-20(33-3)23(26-15-17)29-19(13-25)22(28-21(29)6-2)24(30)27-14-16-8-10-18(11-9-16)34(4,31)32/h12,15-16,18H,5-11,14H2,1-4H3,(H,27,30). The van der Waals surface area contributed by atoms with Crippen LogP contribution in [-0.4, -0.2) is 54.0 Å². The molecule has 0 atom stereocenters. The van der Waals surface area contributed by atoms with E-state index in [9.17, 15) is 18.5 Å². The maximum atomic E-state index is 13.0. The number of methoxy groups -OCH3 is 1. The topological polar surface area (TPSA) is 127 Å². The minimum atomic E-state index is -3.03. The van der Waals surface area contributed by atoms with E-state index >= 15 is 0 Å². The number of aryl methyl sites for hydroxylation is 2. The van der Waals surface area contributed by atoms with Crippen molar-refractivity contribution in [3.05, 3.63) is 35.0 Å². The minimum absolute atomic E-state index is 0.0608. The Morgan fingerprint density at radius 1 is 1.29 bits per heavy atom. The Labute approximate surface area is 201 Å². The summed E-state index contributed by atoms with van der Waals surface area (Å²) in [5.74, 6) is 1.28. The van der Waals surface area contributed by atoms with E-state index in [4.69, 9.17) is 4.74 Å². The second kappa shape index (κ2) is 11.0. The average molecular weight is 488 g/mol. The molecule has 3 rings (SSSR count). The number of nitrogens with one attached hydrogen (secondary N) is 1. The van der Waals surface area contributed by atoms with Crippen molar-refractivity contribution in [2.45, 2.75) is 64.0 Å². The molecule has 0 saturated heterocycles. The monoisotopic (exact) mass is 487 g/mol. The molecule has 2 heterocycles. The van der Waals surface area contributed by atoms with Gasteiger partial charge in [0.05, 0.1) is 12.4 Å². The van der Waals surface area contributed by atoms with Gasteiger partial charge in [-0.25, -0.2) is 18.4 Å². The molecular formula is C24H33N5O4S. The number of rotatable bonds is 9. The van der Waals surface area contributed by atoms with Gasteiger partial charge in [-0.1, -0.05) is 20.3 Å². The largest absolute Gasteiger partial charge is 0.493 e. The van der Waals surface area contributed by atoms with Crippen molar-refractivity contribution >= 4 is 15.7 Å². The quantitative estimate of drug-likeness (QED) is 0.576. The lowest BCUT2D eigenvalue weighted by atomic mass is 9.89. The minimum Gasteiger partial charge on any atom is -0.493 e. The van der Waals surface area contributed by atoms with E-state index in [2.05, 4.69) is 28.3 Å². The van der Waals surface area contributed by atoms with E-state index in [1.165, 1.54) is 6.26 Å². The molecule has 0 aromatic carbocycles. The number of imidazole rings is 1. The molecule has 0 unspecified atom stereocenters. The zero-order valence-corrected chi connectivity index (χ0v) is 21.1. The lowest BCUT2D eigenvalue weighted by molar-refractivity contribution is 0.0938. The molecule has 1 N–H and O–H groups in total. The van der Waals surface area contributed by atoms with Crippen molar-refractivity contribution in [3.63, 3.8) is 0 Å². The molecule has 0 aliphatic heterocycles. The molecule has 1 saturated carbocycles. The Hall–Kier alpha value is -2.93. The zero-order chi connectivity index (χ0) is 24.9. The van der Waals surface area contributed by atoms with Gasteiger partial charge >= 0.3 is 0 Å². The number of hydrogen-bond acceptors (Lipinski definition) is 7. The Morgan fingerprint density at radius 3 is 2.56 bits per heavy atom. The summed E-state index contributed by atoms with van der Waals surface area (Å²) in [5, 5.41) is 12.5. The highest BCUT2D eigenvalue weighted by Gasteiger charge is 2.29. The molecule has 0 spiro atoms. The second-order valence-electron chi connectivity index (χ2n) is 8.83. The number of sulfone groups is 1. The van der Waals surface area contributed by atoms with Crippen LogP contribution in [0, 0.1) is 17.2 Å². The van der Waals surface area contributed by atoms with Crippen LogP contribution in [0.1, 0.15) is 73.5 Å². The van der Waals surface area contributed by atoms with Crippen LogP contribution in [0.5, 0.6) is 5.75 Å². The Bertz CT molecular complexity index is 1170. The van der Waals surface area contributed by atoms with Gasteiger partial charge in [0, 0.05) is 25.4 Å². The van der Waals surface area contributed by atoms with Gasteiger partial charge in [-0.05, 0) is 49.7 Å². The number of pyridine rings is 1. The van der Waals surface area contributed by atoms with Gasteiger partial charge in [-0.15, -0.1) is 0 Å². The SMILES string of the molecule is CCCc1cnc(-n2c(CC)nc(C(=O)NCC3CCC(S(C)(=O)=O)CC3)c2C#N)c(OC)c1. The van der Waals surface area contributed by atoms with Gasteiger partial charge in [0.25, 0.3) is 5.91 Å². The molecule has 10 heteroatoms. The van der Waals surface area contributed by atoms with Gasteiger partial charge in [0.15, 0.2) is 23.0 Å². The number of hydrogen-bond donors (Lipinski definition) is 1. The van der Waals surface area contributed by atoms with Crippen LogP contribution < -0.4 is 10.1 Å². The highest BCUT2D eigenvalue weighted by Crippen LogP contribution is 2.29. The number of ether oxygens (including phenoxy) is 1. The van der Waals surface area contributed by atoms with Crippen molar-refractivity contribution in [1.29, 1.82) is 5.26 Å². The molecular weight excluding hydrogens is 454 g/mol. The Morgan fingerprint density at radius 2 is 2.00 bits per heavy atom. The van der Waals surface area contributed by atoms with Gasteiger partial charge in [0.1, 0.15) is 21.7 Å². The third-order valence-corrected chi connectivity index (χ3v) is 8.08. The number of amides is 1. The third kappa shape index (κ3) is 5.58. The molecule has 9 nitrogen and oxygen atoms in total.